The van der Waals surface area contributed by atoms with Crippen molar-refractivity contribution in [3.05, 3.63) is 91.0 Å². The fourth-order valence-electron chi connectivity index (χ4n) is 4.03. The van der Waals surface area contributed by atoms with E-state index in [1.54, 1.807) is 15.9 Å². The van der Waals surface area contributed by atoms with Crippen molar-refractivity contribution >= 4 is 11.8 Å². The lowest BCUT2D eigenvalue weighted by Crippen LogP contribution is -2.50. The van der Waals surface area contributed by atoms with Crippen LogP contribution in [0.3, 0.4) is 0 Å². The molecule has 2 aromatic carbocycles. The predicted molar refractivity (Wildman–Crippen MR) is 118 cm³/mol. The number of carbonyl (C=O) groups excluding carboxylic acids is 2. The monoisotopic (exact) mass is 415 g/mol. The molecule has 0 saturated carbocycles. The molecule has 4 rings (SSSR count). The molecule has 2 heterocycles. The lowest BCUT2D eigenvalue weighted by atomic mass is 9.72. The number of benzene rings is 2. The van der Waals surface area contributed by atoms with Crippen molar-refractivity contribution in [2.45, 2.75) is 18.3 Å². The Labute approximate surface area is 181 Å². The van der Waals surface area contributed by atoms with E-state index in [9.17, 15) is 9.59 Å². The molecular formula is C24H25N5O2. The van der Waals surface area contributed by atoms with Crippen LogP contribution in [0.1, 0.15) is 29.0 Å². The van der Waals surface area contributed by atoms with Crippen molar-refractivity contribution in [2.24, 2.45) is 0 Å². The Kier molecular flexibility index (Phi) is 5.93. The van der Waals surface area contributed by atoms with E-state index in [0.29, 0.717) is 19.6 Å². The number of hydrogen-bond acceptors (Lipinski definition) is 4. The van der Waals surface area contributed by atoms with Crippen LogP contribution in [0.5, 0.6) is 0 Å². The largest absolute Gasteiger partial charge is 0.352 e. The topological polar surface area (TPSA) is 80.1 Å². The number of carbonyl (C=O) groups is 2. The molecule has 2 amide bonds. The fourth-order valence-corrected chi connectivity index (χ4v) is 4.03. The second-order valence-corrected chi connectivity index (χ2v) is 7.71. The number of nitrogens with zero attached hydrogens (tertiary/aromatic N) is 4. The third-order valence-corrected chi connectivity index (χ3v) is 5.88. The highest BCUT2D eigenvalue weighted by atomic mass is 16.2. The molecule has 1 fully saturated rings. The maximum atomic E-state index is 13.0. The van der Waals surface area contributed by atoms with Crippen molar-refractivity contribution in [1.29, 1.82) is 0 Å². The Hall–Kier alpha value is -3.74. The smallest absolute Gasteiger partial charge is 0.293 e. The van der Waals surface area contributed by atoms with E-state index in [0.717, 1.165) is 24.1 Å². The molecule has 1 aliphatic rings. The molecule has 1 aromatic heterocycles. The van der Waals surface area contributed by atoms with Crippen molar-refractivity contribution in [3.8, 4) is 5.69 Å². The van der Waals surface area contributed by atoms with Gasteiger partial charge in [-0.1, -0.05) is 55.1 Å². The van der Waals surface area contributed by atoms with Crippen LogP contribution in [0.25, 0.3) is 5.69 Å². The summed E-state index contributed by atoms with van der Waals surface area (Å²) in [5, 5.41) is 7.32. The van der Waals surface area contributed by atoms with Crippen molar-refractivity contribution < 1.29 is 9.59 Å². The van der Waals surface area contributed by atoms with Gasteiger partial charge in [0.05, 0.1) is 5.69 Å². The Bertz CT molecular complexity index is 1050. The van der Waals surface area contributed by atoms with Gasteiger partial charge in [-0.3, -0.25) is 9.59 Å². The minimum atomic E-state index is -0.229. The molecule has 0 unspecified atom stereocenters. The number of amides is 2. The number of piperidine rings is 1. The van der Waals surface area contributed by atoms with Gasteiger partial charge in [-0.15, -0.1) is 5.10 Å². The van der Waals surface area contributed by atoms with Gasteiger partial charge >= 0.3 is 0 Å². The van der Waals surface area contributed by atoms with Crippen LogP contribution in [0.4, 0.5) is 0 Å². The summed E-state index contributed by atoms with van der Waals surface area (Å²) in [6.07, 6.45) is 4.32. The molecule has 158 valence electrons. The van der Waals surface area contributed by atoms with Gasteiger partial charge in [-0.25, -0.2) is 9.67 Å². The highest BCUT2D eigenvalue weighted by Crippen LogP contribution is 2.35. The summed E-state index contributed by atoms with van der Waals surface area (Å²) >= 11 is 0. The molecule has 31 heavy (non-hydrogen) atoms. The second kappa shape index (κ2) is 8.95. The Morgan fingerprint density at radius 3 is 2.32 bits per heavy atom. The summed E-state index contributed by atoms with van der Waals surface area (Å²) in [6, 6.07) is 19.7. The van der Waals surface area contributed by atoms with Crippen molar-refractivity contribution in [1.82, 2.24) is 25.0 Å². The number of rotatable bonds is 6. The van der Waals surface area contributed by atoms with Crippen LogP contribution >= 0.6 is 0 Å². The number of hydrogen-bond donors (Lipinski definition) is 1. The summed E-state index contributed by atoms with van der Waals surface area (Å²) in [7, 11) is 0. The highest BCUT2D eigenvalue weighted by Gasteiger charge is 2.38. The number of aromatic nitrogens is 3. The van der Waals surface area contributed by atoms with Crippen LogP contribution < -0.4 is 5.32 Å². The number of nitrogens with one attached hydrogen (secondary N) is 1. The molecule has 0 aliphatic carbocycles. The van der Waals surface area contributed by atoms with Gasteiger partial charge in [-0.05, 0) is 36.6 Å². The molecule has 3 aromatic rings. The zero-order valence-electron chi connectivity index (χ0n) is 17.3. The molecule has 1 aliphatic heterocycles. The van der Waals surface area contributed by atoms with E-state index >= 15 is 0 Å². The molecule has 7 heteroatoms. The van der Waals surface area contributed by atoms with Gasteiger partial charge in [0.1, 0.15) is 6.33 Å². The number of para-hydroxylation sites is 1. The summed E-state index contributed by atoms with van der Waals surface area (Å²) in [5.41, 5.74) is 1.79. The second-order valence-electron chi connectivity index (χ2n) is 7.71. The lowest BCUT2D eigenvalue weighted by molar-refractivity contribution is -0.116. The van der Waals surface area contributed by atoms with Gasteiger partial charge in [0.15, 0.2) is 0 Å². The van der Waals surface area contributed by atoms with Gasteiger partial charge in [0.2, 0.25) is 11.7 Å². The highest BCUT2D eigenvalue weighted by molar-refractivity contribution is 5.90. The average molecular weight is 415 g/mol. The van der Waals surface area contributed by atoms with E-state index in [2.05, 4.69) is 34.1 Å². The third-order valence-electron chi connectivity index (χ3n) is 5.88. The molecular weight excluding hydrogens is 390 g/mol. The van der Waals surface area contributed by atoms with Crippen LogP contribution in [-0.2, 0) is 10.2 Å². The van der Waals surface area contributed by atoms with Gasteiger partial charge in [0.25, 0.3) is 5.91 Å². The summed E-state index contributed by atoms with van der Waals surface area (Å²) in [4.78, 5) is 30.8. The summed E-state index contributed by atoms with van der Waals surface area (Å²) in [6.45, 7) is 5.17. The molecule has 1 N–H and O–H groups in total. The average Bonchev–Trinajstić information content (AvgIpc) is 3.34. The van der Waals surface area contributed by atoms with Crippen LogP contribution in [0.2, 0.25) is 0 Å². The first-order chi connectivity index (χ1) is 15.1. The Morgan fingerprint density at radius 1 is 1.03 bits per heavy atom. The van der Waals surface area contributed by atoms with Crippen molar-refractivity contribution in [3.63, 3.8) is 0 Å². The van der Waals surface area contributed by atoms with Crippen LogP contribution in [0.15, 0.2) is 79.6 Å². The van der Waals surface area contributed by atoms with E-state index in [4.69, 9.17) is 0 Å². The zero-order valence-corrected chi connectivity index (χ0v) is 17.3. The first kappa shape index (κ1) is 20.5. The fraction of sp³-hybridized carbons (Fsp3) is 0.250. The lowest BCUT2D eigenvalue weighted by Gasteiger charge is -2.42. The van der Waals surface area contributed by atoms with E-state index < -0.39 is 0 Å². The molecule has 1 saturated heterocycles. The minimum Gasteiger partial charge on any atom is -0.352 e. The maximum absolute atomic E-state index is 13.0. The van der Waals surface area contributed by atoms with Gasteiger partial charge in [-0.2, -0.15) is 0 Å². The minimum absolute atomic E-state index is 0.175. The van der Waals surface area contributed by atoms with E-state index in [1.165, 1.54) is 6.08 Å². The molecule has 7 nitrogen and oxygen atoms in total. The first-order valence-electron chi connectivity index (χ1n) is 10.3. The normalized spacial score (nSPS) is 15.3. The Morgan fingerprint density at radius 2 is 1.68 bits per heavy atom. The quantitative estimate of drug-likeness (QED) is 0.628. The van der Waals surface area contributed by atoms with Gasteiger partial charge < -0.3 is 10.2 Å². The zero-order chi connectivity index (χ0) is 21.7. The van der Waals surface area contributed by atoms with Crippen molar-refractivity contribution in [2.75, 3.05) is 19.6 Å². The third kappa shape index (κ3) is 4.40. The number of likely N-dealkylation sites (tertiary alicyclic amines) is 1. The Balaban J connectivity index is 1.48. The SMILES string of the molecule is C=CC(=O)NCC1(c2ccccc2)CCN(C(=O)c2ncn(-c3ccccc3)n2)CC1. The predicted octanol–water partition coefficient (Wildman–Crippen LogP) is 2.74. The maximum Gasteiger partial charge on any atom is 0.293 e. The molecule has 0 bridgehead atoms. The summed E-state index contributed by atoms with van der Waals surface area (Å²) in [5.74, 6) is -0.174. The van der Waals surface area contributed by atoms with Crippen LogP contribution in [-0.4, -0.2) is 51.1 Å². The van der Waals surface area contributed by atoms with E-state index in [1.807, 2.05) is 48.5 Å². The molecule has 0 atom stereocenters. The standard InChI is InChI=1S/C24H25N5O2/c1-2-21(30)25-17-24(19-9-5-3-6-10-19)13-15-28(16-14-24)23(31)22-26-18-29(27-22)20-11-7-4-8-12-20/h2-12,18H,1,13-17H2,(H,25,30). The van der Waals surface area contributed by atoms with E-state index in [-0.39, 0.29) is 23.1 Å². The first-order valence-corrected chi connectivity index (χ1v) is 10.3. The summed E-state index contributed by atoms with van der Waals surface area (Å²) < 4.78 is 1.61. The van der Waals surface area contributed by atoms with Crippen LogP contribution in [0, 0.1) is 0 Å². The molecule has 0 radical (unpaired) electrons. The molecule has 0 spiro atoms. The van der Waals surface area contributed by atoms with Gasteiger partial charge in [0, 0.05) is 25.0 Å².